The molecule has 106 valence electrons. The standard InChI is InChI=1S/C15H19BrN4/c1-11(10-20-6-2-3-7-20)19-13-4-5-17-14-8-12(16)9-18-15(13)14/h4-5,8-9,11H,2-3,6-7,10H2,1H3,(H,17,19). The van der Waals surface area contributed by atoms with Gasteiger partial charge in [0.15, 0.2) is 0 Å². The average molecular weight is 335 g/mol. The predicted octanol–water partition coefficient (Wildman–Crippen LogP) is 3.29. The quantitative estimate of drug-likeness (QED) is 0.931. The second-order valence-electron chi connectivity index (χ2n) is 5.43. The Kier molecular flexibility index (Phi) is 4.17. The van der Waals surface area contributed by atoms with Crippen molar-refractivity contribution in [2.75, 3.05) is 25.0 Å². The third kappa shape index (κ3) is 3.10. The number of halogens is 1. The summed E-state index contributed by atoms with van der Waals surface area (Å²) in [5, 5.41) is 3.57. The minimum atomic E-state index is 0.407. The summed E-state index contributed by atoms with van der Waals surface area (Å²) in [6.45, 7) is 5.77. The summed E-state index contributed by atoms with van der Waals surface area (Å²) in [4.78, 5) is 11.4. The first kappa shape index (κ1) is 13.8. The number of hydrogen-bond donors (Lipinski definition) is 1. The van der Waals surface area contributed by atoms with Crippen LogP contribution in [0.3, 0.4) is 0 Å². The molecule has 5 heteroatoms. The van der Waals surface area contributed by atoms with Crippen molar-refractivity contribution in [3.05, 3.63) is 29.0 Å². The number of likely N-dealkylation sites (tertiary alicyclic amines) is 1. The molecule has 0 radical (unpaired) electrons. The Morgan fingerprint density at radius 3 is 2.95 bits per heavy atom. The first-order chi connectivity index (χ1) is 9.72. The number of aromatic nitrogens is 2. The molecule has 1 N–H and O–H groups in total. The third-order valence-corrected chi connectivity index (χ3v) is 4.11. The van der Waals surface area contributed by atoms with Gasteiger partial charge in [0.25, 0.3) is 0 Å². The highest BCUT2D eigenvalue weighted by Gasteiger charge is 2.15. The molecule has 1 aliphatic rings. The molecular weight excluding hydrogens is 316 g/mol. The molecule has 3 rings (SSSR count). The van der Waals surface area contributed by atoms with Crippen LogP contribution in [-0.4, -0.2) is 40.5 Å². The highest BCUT2D eigenvalue weighted by atomic mass is 79.9. The van der Waals surface area contributed by atoms with E-state index in [1.807, 2.05) is 24.5 Å². The summed E-state index contributed by atoms with van der Waals surface area (Å²) in [7, 11) is 0. The number of rotatable bonds is 4. The molecule has 2 aromatic heterocycles. The van der Waals surface area contributed by atoms with Gasteiger partial charge in [-0.25, -0.2) is 0 Å². The molecule has 3 heterocycles. The zero-order valence-electron chi connectivity index (χ0n) is 11.6. The van der Waals surface area contributed by atoms with E-state index < -0.39 is 0 Å². The second kappa shape index (κ2) is 6.06. The minimum Gasteiger partial charge on any atom is -0.379 e. The van der Waals surface area contributed by atoms with Crippen molar-refractivity contribution in [2.24, 2.45) is 0 Å². The van der Waals surface area contributed by atoms with Crippen LogP contribution in [0.1, 0.15) is 19.8 Å². The molecule has 0 aliphatic carbocycles. The maximum Gasteiger partial charge on any atom is 0.112 e. The number of nitrogens with zero attached hydrogens (tertiary/aromatic N) is 3. The molecule has 1 fully saturated rings. The van der Waals surface area contributed by atoms with Gasteiger partial charge in [0.05, 0.1) is 11.2 Å². The highest BCUT2D eigenvalue weighted by molar-refractivity contribution is 9.10. The van der Waals surface area contributed by atoms with Crippen LogP contribution >= 0.6 is 15.9 Å². The Balaban J connectivity index is 1.76. The molecule has 2 aromatic rings. The van der Waals surface area contributed by atoms with Gasteiger partial charge in [-0.1, -0.05) is 0 Å². The lowest BCUT2D eigenvalue weighted by molar-refractivity contribution is 0.328. The van der Waals surface area contributed by atoms with Gasteiger partial charge in [-0.05, 0) is 60.9 Å². The van der Waals surface area contributed by atoms with Crippen LogP contribution in [0.15, 0.2) is 29.0 Å². The molecule has 0 aromatic carbocycles. The summed E-state index contributed by atoms with van der Waals surface area (Å²) in [6.07, 6.45) is 6.32. The smallest absolute Gasteiger partial charge is 0.112 e. The Bertz CT molecular complexity index is 595. The first-order valence-electron chi connectivity index (χ1n) is 7.11. The fourth-order valence-corrected chi connectivity index (χ4v) is 3.10. The van der Waals surface area contributed by atoms with Crippen LogP contribution in [0.25, 0.3) is 11.0 Å². The topological polar surface area (TPSA) is 41.0 Å². The Hall–Kier alpha value is -1.20. The van der Waals surface area contributed by atoms with Gasteiger partial charge in [-0.15, -0.1) is 0 Å². The number of nitrogens with one attached hydrogen (secondary N) is 1. The molecule has 20 heavy (non-hydrogen) atoms. The summed E-state index contributed by atoms with van der Waals surface area (Å²) in [6, 6.07) is 4.41. The third-order valence-electron chi connectivity index (χ3n) is 3.68. The van der Waals surface area contributed by atoms with Gasteiger partial charge in [0.2, 0.25) is 0 Å². The van der Waals surface area contributed by atoms with Crippen LogP contribution in [0.5, 0.6) is 0 Å². The molecule has 1 atom stereocenters. The first-order valence-corrected chi connectivity index (χ1v) is 7.91. The molecule has 1 aliphatic heterocycles. The average Bonchev–Trinajstić information content (AvgIpc) is 2.91. The van der Waals surface area contributed by atoms with Crippen LogP contribution in [0.4, 0.5) is 5.69 Å². The van der Waals surface area contributed by atoms with E-state index in [1.165, 1.54) is 25.9 Å². The van der Waals surface area contributed by atoms with Crippen molar-refractivity contribution in [1.29, 1.82) is 0 Å². The Morgan fingerprint density at radius 2 is 2.15 bits per heavy atom. The SMILES string of the molecule is CC(CN1CCCC1)Nc1ccnc2cc(Br)cnc12. The van der Waals surface area contributed by atoms with E-state index in [9.17, 15) is 0 Å². The van der Waals surface area contributed by atoms with Gasteiger partial charge in [-0.2, -0.15) is 0 Å². The van der Waals surface area contributed by atoms with Crippen LogP contribution in [0.2, 0.25) is 0 Å². The molecule has 0 spiro atoms. The molecular formula is C15H19BrN4. The van der Waals surface area contributed by atoms with Gasteiger partial charge in [0, 0.05) is 29.5 Å². The number of pyridine rings is 2. The number of anilines is 1. The van der Waals surface area contributed by atoms with Gasteiger partial charge in [-0.3, -0.25) is 9.97 Å². The van der Waals surface area contributed by atoms with E-state index >= 15 is 0 Å². The normalized spacial score (nSPS) is 17.5. The zero-order chi connectivity index (χ0) is 13.9. The van der Waals surface area contributed by atoms with Crippen LogP contribution in [-0.2, 0) is 0 Å². The minimum absolute atomic E-state index is 0.407. The summed E-state index contributed by atoms with van der Waals surface area (Å²) in [5.41, 5.74) is 2.91. The van der Waals surface area contributed by atoms with Gasteiger partial charge >= 0.3 is 0 Å². The highest BCUT2D eigenvalue weighted by Crippen LogP contribution is 2.22. The largest absolute Gasteiger partial charge is 0.379 e. The van der Waals surface area contributed by atoms with Gasteiger partial charge in [0.1, 0.15) is 5.52 Å². The number of hydrogen-bond acceptors (Lipinski definition) is 4. The Labute approximate surface area is 127 Å². The van der Waals surface area contributed by atoms with E-state index in [2.05, 4.69) is 43.0 Å². The maximum absolute atomic E-state index is 4.48. The van der Waals surface area contributed by atoms with E-state index in [0.717, 1.165) is 27.7 Å². The molecule has 0 saturated carbocycles. The molecule has 1 saturated heterocycles. The summed E-state index contributed by atoms with van der Waals surface area (Å²) < 4.78 is 0.958. The lowest BCUT2D eigenvalue weighted by Crippen LogP contribution is -2.33. The van der Waals surface area contributed by atoms with Crippen molar-refractivity contribution in [3.8, 4) is 0 Å². The van der Waals surface area contributed by atoms with Crippen molar-refractivity contribution in [1.82, 2.24) is 14.9 Å². The lowest BCUT2D eigenvalue weighted by Gasteiger charge is -2.22. The van der Waals surface area contributed by atoms with E-state index in [4.69, 9.17) is 0 Å². The monoisotopic (exact) mass is 334 g/mol. The lowest BCUT2D eigenvalue weighted by atomic mass is 10.2. The number of fused-ring (bicyclic) bond motifs is 1. The maximum atomic E-state index is 4.48. The fourth-order valence-electron chi connectivity index (χ4n) is 2.79. The van der Waals surface area contributed by atoms with Crippen LogP contribution < -0.4 is 5.32 Å². The zero-order valence-corrected chi connectivity index (χ0v) is 13.2. The molecule has 0 amide bonds. The molecule has 4 nitrogen and oxygen atoms in total. The summed E-state index contributed by atoms with van der Waals surface area (Å²) >= 11 is 3.44. The van der Waals surface area contributed by atoms with Crippen LogP contribution in [0, 0.1) is 0 Å². The predicted molar refractivity (Wildman–Crippen MR) is 86.0 cm³/mol. The Morgan fingerprint density at radius 1 is 1.35 bits per heavy atom. The van der Waals surface area contributed by atoms with E-state index in [1.54, 1.807) is 0 Å². The summed E-state index contributed by atoms with van der Waals surface area (Å²) in [5.74, 6) is 0. The van der Waals surface area contributed by atoms with Crippen molar-refractivity contribution < 1.29 is 0 Å². The second-order valence-corrected chi connectivity index (χ2v) is 6.35. The van der Waals surface area contributed by atoms with Crippen molar-refractivity contribution in [3.63, 3.8) is 0 Å². The van der Waals surface area contributed by atoms with E-state index in [0.29, 0.717) is 6.04 Å². The van der Waals surface area contributed by atoms with Crippen molar-refractivity contribution >= 4 is 32.7 Å². The fraction of sp³-hybridized carbons (Fsp3) is 0.467. The van der Waals surface area contributed by atoms with E-state index in [-0.39, 0.29) is 0 Å². The van der Waals surface area contributed by atoms with Crippen molar-refractivity contribution in [2.45, 2.75) is 25.8 Å². The van der Waals surface area contributed by atoms with Gasteiger partial charge < -0.3 is 10.2 Å². The molecule has 1 unspecified atom stereocenters. The molecule has 0 bridgehead atoms.